The second kappa shape index (κ2) is 7.18. The second-order valence-electron chi connectivity index (χ2n) is 6.67. The van der Waals surface area contributed by atoms with Crippen molar-refractivity contribution in [2.75, 3.05) is 26.2 Å². The van der Waals surface area contributed by atoms with E-state index in [-0.39, 0.29) is 5.91 Å². The van der Waals surface area contributed by atoms with Crippen LogP contribution in [0.2, 0.25) is 0 Å². The monoisotopic (exact) mass is 328 g/mol. The Balaban J connectivity index is 1.65. The van der Waals surface area contributed by atoms with E-state index in [4.69, 9.17) is 0 Å². The second-order valence-corrected chi connectivity index (χ2v) is 6.67. The van der Waals surface area contributed by atoms with Gasteiger partial charge in [-0.3, -0.25) is 14.5 Å². The minimum Gasteiger partial charge on any atom is -0.480 e. The Morgan fingerprint density at radius 3 is 2.42 bits per heavy atom. The molecule has 0 bridgehead atoms. The fourth-order valence-corrected chi connectivity index (χ4v) is 3.34. The van der Waals surface area contributed by atoms with Crippen LogP contribution < -0.4 is 0 Å². The van der Waals surface area contributed by atoms with Crippen molar-refractivity contribution in [2.24, 2.45) is 0 Å². The summed E-state index contributed by atoms with van der Waals surface area (Å²) in [4.78, 5) is 27.8. The van der Waals surface area contributed by atoms with Gasteiger partial charge >= 0.3 is 5.97 Å². The summed E-state index contributed by atoms with van der Waals surface area (Å²) in [5, 5.41) is 9.67. The summed E-state index contributed by atoms with van der Waals surface area (Å²) in [7, 11) is 0. The van der Waals surface area contributed by atoms with Crippen LogP contribution in [-0.2, 0) is 9.59 Å². The third kappa shape index (κ3) is 3.67. The molecule has 2 aliphatic rings. The van der Waals surface area contributed by atoms with Gasteiger partial charge in [0.15, 0.2) is 0 Å². The van der Waals surface area contributed by atoms with Crippen LogP contribution in [0.4, 0.5) is 0 Å². The number of carboxylic acid groups (broad SMARTS) is 1. The zero-order valence-electron chi connectivity index (χ0n) is 14.1. The summed E-state index contributed by atoms with van der Waals surface area (Å²) in [6.45, 7) is 4.29. The molecule has 24 heavy (non-hydrogen) atoms. The van der Waals surface area contributed by atoms with E-state index in [0.717, 1.165) is 24.0 Å². The molecule has 1 aliphatic carbocycles. The highest BCUT2D eigenvalue weighted by Gasteiger charge is 2.31. The predicted molar refractivity (Wildman–Crippen MR) is 91.6 cm³/mol. The van der Waals surface area contributed by atoms with Crippen molar-refractivity contribution in [2.45, 2.75) is 32.2 Å². The first-order valence-electron chi connectivity index (χ1n) is 8.56. The normalized spacial score (nSPS) is 19.5. The lowest BCUT2D eigenvalue weighted by Crippen LogP contribution is -2.50. The highest BCUT2D eigenvalue weighted by atomic mass is 16.4. The van der Waals surface area contributed by atoms with Crippen LogP contribution in [0, 0.1) is 6.92 Å². The van der Waals surface area contributed by atoms with Crippen molar-refractivity contribution in [3.8, 4) is 0 Å². The number of benzene rings is 1. The first-order chi connectivity index (χ1) is 11.5. The van der Waals surface area contributed by atoms with Gasteiger partial charge in [0.2, 0.25) is 5.91 Å². The molecule has 1 atom stereocenters. The maximum Gasteiger partial charge on any atom is 0.325 e. The number of aryl methyl sites for hydroxylation is 1. The van der Waals surface area contributed by atoms with Crippen molar-refractivity contribution in [1.82, 2.24) is 9.80 Å². The summed E-state index contributed by atoms with van der Waals surface area (Å²) < 4.78 is 0. The van der Waals surface area contributed by atoms with Gasteiger partial charge in [-0.1, -0.05) is 35.4 Å². The summed E-state index contributed by atoms with van der Waals surface area (Å²) >= 11 is 0. The predicted octanol–water partition coefficient (Wildman–Crippen LogP) is 2.38. The molecule has 0 aromatic heterocycles. The number of carbonyl (C=O) groups is 2. The number of carbonyl (C=O) groups excluding carboxylic acids is 1. The average molecular weight is 328 g/mol. The van der Waals surface area contributed by atoms with E-state index >= 15 is 0 Å². The third-order valence-electron chi connectivity index (χ3n) is 4.91. The van der Waals surface area contributed by atoms with E-state index in [0.29, 0.717) is 26.2 Å². The van der Waals surface area contributed by atoms with Crippen LogP contribution in [0.3, 0.4) is 0 Å². The SMILES string of the molecule is Cc1cccc(C(C(=O)O)N2CCN(C(=O)C=C3CCC3)CC2)c1. The molecule has 0 radical (unpaired) electrons. The Hall–Kier alpha value is -2.14. The number of rotatable bonds is 4. The van der Waals surface area contributed by atoms with E-state index < -0.39 is 12.0 Å². The Bertz CT molecular complexity index is 654. The number of piperazine rings is 1. The van der Waals surface area contributed by atoms with Crippen LogP contribution in [0.5, 0.6) is 0 Å². The molecule has 2 fully saturated rings. The van der Waals surface area contributed by atoms with Gasteiger partial charge in [-0.05, 0) is 31.7 Å². The molecule has 5 nitrogen and oxygen atoms in total. The molecular weight excluding hydrogens is 304 g/mol. The Labute approximate surface area is 142 Å². The van der Waals surface area contributed by atoms with Crippen LogP contribution >= 0.6 is 0 Å². The van der Waals surface area contributed by atoms with Gasteiger partial charge in [-0.2, -0.15) is 0 Å². The van der Waals surface area contributed by atoms with Gasteiger partial charge in [-0.15, -0.1) is 0 Å². The molecule has 1 saturated heterocycles. The van der Waals surface area contributed by atoms with Crippen molar-refractivity contribution < 1.29 is 14.7 Å². The molecule has 1 N–H and O–H groups in total. The molecule has 1 aromatic carbocycles. The van der Waals surface area contributed by atoms with Crippen molar-refractivity contribution in [3.63, 3.8) is 0 Å². The maximum atomic E-state index is 12.2. The van der Waals surface area contributed by atoms with E-state index in [2.05, 4.69) is 0 Å². The zero-order valence-corrected chi connectivity index (χ0v) is 14.1. The number of hydrogen-bond acceptors (Lipinski definition) is 3. The lowest BCUT2D eigenvalue weighted by atomic mass is 9.92. The fraction of sp³-hybridized carbons (Fsp3) is 0.474. The number of allylic oxidation sites excluding steroid dienone is 1. The lowest BCUT2D eigenvalue weighted by molar-refractivity contribution is -0.144. The highest BCUT2D eigenvalue weighted by Crippen LogP contribution is 2.26. The first kappa shape index (κ1) is 16.7. The van der Waals surface area contributed by atoms with E-state index in [9.17, 15) is 14.7 Å². The minimum atomic E-state index is -0.836. The Morgan fingerprint density at radius 1 is 1.17 bits per heavy atom. The average Bonchev–Trinajstić information content (AvgIpc) is 2.51. The van der Waals surface area contributed by atoms with Crippen LogP contribution in [0.25, 0.3) is 0 Å². The standard InChI is InChI=1S/C19H24N2O3/c1-14-4-2-7-16(12-14)18(19(23)24)21-10-8-20(9-11-21)17(22)13-15-5-3-6-15/h2,4,7,12-13,18H,3,5-6,8-11H2,1H3,(H,23,24). The minimum absolute atomic E-state index is 0.0757. The largest absolute Gasteiger partial charge is 0.480 e. The topological polar surface area (TPSA) is 60.9 Å². The van der Waals surface area contributed by atoms with Crippen LogP contribution in [-0.4, -0.2) is 53.0 Å². The zero-order chi connectivity index (χ0) is 17.1. The summed E-state index contributed by atoms with van der Waals surface area (Å²) in [5.41, 5.74) is 3.10. The molecule has 0 spiro atoms. The quantitative estimate of drug-likeness (QED) is 0.862. The van der Waals surface area contributed by atoms with E-state index in [1.54, 1.807) is 6.08 Å². The molecular formula is C19H24N2O3. The van der Waals surface area contributed by atoms with Crippen molar-refractivity contribution >= 4 is 11.9 Å². The molecule has 1 amide bonds. The van der Waals surface area contributed by atoms with Gasteiger partial charge in [-0.25, -0.2) is 0 Å². The number of hydrogen-bond donors (Lipinski definition) is 1. The fourth-order valence-electron chi connectivity index (χ4n) is 3.34. The van der Waals surface area contributed by atoms with E-state index in [1.807, 2.05) is 41.0 Å². The third-order valence-corrected chi connectivity index (χ3v) is 4.91. The summed E-state index contributed by atoms with van der Waals surface area (Å²) in [5.74, 6) is -0.760. The summed E-state index contributed by atoms with van der Waals surface area (Å²) in [6.07, 6.45) is 5.04. The molecule has 128 valence electrons. The van der Waals surface area contributed by atoms with Gasteiger partial charge in [0.25, 0.3) is 0 Å². The number of amides is 1. The van der Waals surface area contributed by atoms with Gasteiger partial charge in [0.05, 0.1) is 0 Å². The molecule has 1 aliphatic heterocycles. The van der Waals surface area contributed by atoms with Crippen molar-refractivity contribution in [1.29, 1.82) is 0 Å². The number of aliphatic carboxylic acids is 1. The van der Waals surface area contributed by atoms with Crippen LogP contribution in [0.1, 0.15) is 36.4 Å². The number of nitrogens with zero attached hydrogens (tertiary/aromatic N) is 2. The molecule has 1 aromatic rings. The van der Waals surface area contributed by atoms with E-state index in [1.165, 1.54) is 12.0 Å². The maximum absolute atomic E-state index is 12.2. The van der Waals surface area contributed by atoms with Gasteiger partial charge in [0, 0.05) is 32.3 Å². The molecule has 1 heterocycles. The van der Waals surface area contributed by atoms with Crippen LogP contribution in [0.15, 0.2) is 35.9 Å². The molecule has 3 rings (SSSR count). The van der Waals surface area contributed by atoms with Gasteiger partial charge in [0.1, 0.15) is 6.04 Å². The lowest BCUT2D eigenvalue weighted by Gasteiger charge is -2.37. The van der Waals surface area contributed by atoms with Crippen molar-refractivity contribution in [3.05, 3.63) is 47.0 Å². The molecule has 1 saturated carbocycles. The Kier molecular flexibility index (Phi) is 5.00. The first-order valence-corrected chi connectivity index (χ1v) is 8.56. The molecule has 1 unspecified atom stereocenters. The Morgan fingerprint density at radius 2 is 1.88 bits per heavy atom. The highest BCUT2D eigenvalue weighted by molar-refractivity contribution is 5.88. The van der Waals surface area contributed by atoms with Gasteiger partial charge < -0.3 is 10.0 Å². The summed E-state index contributed by atoms with van der Waals surface area (Å²) in [6, 6.07) is 7.01. The number of carboxylic acids is 1. The smallest absolute Gasteiger partial charge is 0.325 e. The molecule has 5 heteroatoms.